The van der Waals surface area contributed by atoms with Gasteiger partial charge in [-0.25, -0.2) is 4.79 Å². The van der Waals surface area contributed by atoms with E-state index in [1.807, 2.05) is 32.0 Å². The van der Waals surface area contributed by atoms with Crippen molar-refractivity contribution in [3.05, 3.63) is 50.7 Å². The van der Waals surface area contributed by atoms with E-state index in [1.165, 1.54) is 0 Å². The first-order valence-electron chi connectivity index (χ1n) is 6.56. The van der Waals surface area contributed by atoms with Gasteiger partial charge >= 0.3 is 5.97 Å². The summed E-state index contributed by atoms with van der Waals surface area (Å²) in [5.74, 6) is -1.22. The normalized spacial score (nSPS) is 10.4. The summed E-state index contributed by atoms with van der Waals surface area (Å²) in [6, 6.07) is 5.96. The molecule has 4 nitrogen and oxygen atoms in total. The van der Waals surface area contributed by atoms with Gasteiger partial charge in [-0.1, -0.05) is 23.8 Å². The number of carbonyl (C=O) groups is 2. The molecule has 0 aliphatic heterocycles. The lowest BCUT2D eigenvalue weighted by atomic mass is 10.0. The third-order valence-corrected chi connectivity index (χ3v) is 4.38. The van der Waals surface area contributed by atoms with E-state index in [0.29, 0.717) is 5.69 Å². The second-order valence-electron chi connectivity index (χ2n) is 5.08. The molecule has 1 heterocycles. The summed E-state index contributed by atoms with van der Waals surface area (Å²) in [5, 5.41) is 13.6. The van der Waals surface area contributed by atoms with Gasteiger partial charge in [-0.2, -0.15) is 0 Å². The van der Waals surface area contributed by atoms with Gasteiger partial charge in [0.1, 0.15) is 4.88 Å². The Morgan fingerprint density at radius 3 is 2.57 bits per heavy atom. The van der Waals surface area contributed by atoms with Crippen molar-refractivity contribution in [1.82, 2.24) is 0 Å². The highest BCUT2D eigenvalue weighted by Crippen LogP contribution is 2.27. The molecule has 5 heteroatoms. The van der Waals surface area contributed by atoms with Crippen LogP contribution >= 0.6 is 11.3 Å². The van der Waals surface area contributed by atoms with E-state index in [-0.39, 0.29) is 17.2 Å². The number of carboxylic acids is 1. The second kappa shape index (κ2) is 6.10. The van der Waals surface area contributed by atoms with Crippen LogP contribution in [0.15, 0.2) is 23.6 Å². The fourth-order valence-electron chi connectivity index (χ4n) is 2.10. The van der Waals surface area contributed by atoms with Crippen molar-refractivity contribution in [1.29, 1.82) is 0 Å². The van der Waals surface area contributed by atoms with E-state index in [4.69, 9.17) is 5.11 Å². The maximum absolute atomic E-state index is 12.2. The Labute approximate surface area is 127 Å². The van der Waals surface area contributed by atoms with E-state index in [2.05, 4.69) is 5.32 Å². The lowest BCUT2D eigenvalue weighted by molar-refractivity contribution is -0.115. The Hall–Kier alpha value is -2.14. The van der Waals surface area contributed by atoms with Gasteiger partial charge in [0.25, 0.3) is 0 Å². The molecule has 110 valence electrons. The zero-order chi connectivity index (χ0) is 15.6. The summed E-state index contributed by atoms with van der Waals surface area (Å²) < 4.78 is 0. The van der Waals surface area contributed by atoms with Crippen LogP contribution in [-0.4, -0.2) is 17.0 Å². The predicted molar refractivity (Wildman–Crippen MR) is 84.3 cm³/mol. The highest BCUT2D eigenvalue weighted by Gasteiger charge is 2.17. The largest absolute Gasteiger partial charge is 0.477 e. The number of aryl methyl sites for hydroxylation is 3. The molecule has 0 saturated carbocycles. The number of anilines is 1. The molecule has 1 amide bonds. The van der Waals surface area contributed by atoms with Crippen molar-refractivity contribution in [3.63, 3.8) is 0 Å². The molecule has 0 radical (unpaired) electrons. The Morgan fingerprint density at radius 1 is 1.19 bits per heavy atom. The topological polar surface area (TPSA) is 66.4 Å². The fourth-order valence-corrected chi connectivity index (χ4v) is 2.95. The second-order valence-corrected chi connectivity index (χ2v) is 5.96. The van der Waals surface area contributed by atoms with Crippen LogP contribution in [0.2, 0.25) is 0 Å². The summed E-state index contributed by atoms with van der Waals surface area (Å²) in [6.45, 7) is 5.73. The first kappa shape index (κ1) is 15.3. The van der Waals surface area contributed by atoms with Gasteiger partial charge in [-0.3, -0.25) is 4.79 Å². The molecule has 0 bridgehead atoms. The van der Waals surface area contributed by atoms with Crippen molar-refractivity contribution in [2.24, 2.45) is 0 Å². The monoisotopic (exact) mass is 303 g/mol. The standard InChI is InChI=1S/C16H17NO3S/c1-9-4-5-10(2)12(6-9)7-13(18)17-14-11(3)8-21-15(14)16(19)20/h4-6,8H,7H2,1-3H3,(H,17,18)(H,19,20). The van der Waals surface area contributed by atoms with Crippen molar-refractivity contribution < 1.29 is 14.7 Å². The van der Waals surface area contributed by atoms with E-state index in [0.717, 1.165) is 33.6 Å². The molecule has 1 aromatic heterocycles. The van der Waals surface area contributed by atoms with Crippen LogP contribution in [0.1, 0.15) is 31.9 Å². The summed E-state index contributed by atoms with van der Waals surface area (Å²) in [5.41, 5.74) is 4.28. The zero-order valence-corrected chi connectivity index (χ0v) is 13.0. The Balaban J connectivity index is 2.17. The average molecular weight is 303 g/mol. The lowest BCUT2D eigenvalue weighted by Crippen LogP contribution is -2.17. The van der Waals surface area contributed by atoms with Crippen molar-refractivity contribution in [2.75, 3.05) is 5.32 Å². The highest BCUT2D eigenvalue weighted by atomic mass is 32.1. The maximum Gasteiger partial charge on any atom is 0.348 e. The van der Waals surface area contributed by atoms with Crippen LogP contribution in [0.4, 0.5) is 5.69 Å². The number of nitrogens with one attached hydrogen (secondary N) is 1. The number of benzene rings is 1. The fraction of sp³-hybridized carbons (Fsp3) is 0.250. The molecule has 0 fully saturated rings. The first-order chi connectivity index (χ1) is 9.88. The number of rotatable bonds is 4. The van der Waals surface area contributed by atoms with Crippen molar-refractivity contribution in [2.45, 2.75) is 27.2 Å². The van der Waals surface area contributed by atoms with Gasteiger partial charge in [0, 0.05) is 0 Å². The van der Waals surface area contributed by atoms with Gasteiger partial charge in [0.2, 0.25) is 5.91 Å². The van der Waals surface area contributed by atoms with E-state index in [9.17, 15) is 9.59 Å². The molecule has 2 aromatic rings. The Morgan fingerprint density at radius 2 is 1.90 bits per heavy atom. The van der Waals surface area contributed by atoms with Crippen LogP contribution in [0.3, 0.4) is 0 Å². The molecule has 1 aromatic carbocycles. The molecule has 0 aliphatic carbocycles. The minimum atomic E-state index is -1.02. The smallest absolute Gasteiger partial charge is 0.348 e. The van der Waals surface area contributed by atoms with E-state index in [1.54, 1.807) is 12.3 Å². The molecule has 21 heavy (non-hydrogen) atoms. The number of carboxylic acid groups (broad SMARTS) is 1. The average Bonchev–Trinajstić information content (AvgIpc) is 2.75. The van der Waals surface area contributed by atoms with Gasteiger partial charge in [-0.05, 0) is 42.8 Å². The van der Waals surface area contributed by atoms with Gasteiger partial charge in [0.05, 0.1) is 12.1 Å². The van der Waals surface area contributed by atoms with Crippen LogP contribution in [-0.2, 0) is 11.2 Å². The Kier molecular flexibility index (Phi) is 4.43. The quantitative estimate of drug-likeness (QED) is 0.907. The number of hydrogen-bond acceptors (Lipinski definition) is 3. The molecule has 0 spiro atoms. The molecule has 0 atom stereocenters. The molecule has 0 aliphatic rings. The third-order valence-electron chi connectivity index (χ3n) is 3.29. The molecular formula is C16H17NO3S. The minimum Gasteiger partial charge on any atom is -0.477 e. The predicted octanol–water partition coefficient (Wildman–Crippen LogP) is 3.55. The third kappa shape index (κ3) is 3.49. The summed E-state index contributed by atoms with van der Waals surface area (Å²) in [7, 11) is 0. The molecular weight excluding hydrogens is 286 g/mol. The van der Waals surface area contributed by atoms with Crippen LogP contribution in [0.25, 0.3) is 0 Å². The number of hydrogen-bond donors (Lipinski definition) is 2. The molecule has 2 rings (SSSR count). The first-order valence-corrected chi connectivity index (χ1v) is 7.44. The minimum absolute atomic E-state index is 0.168. The highest BCUT2D eigenvalue weighted by molar-refractivity contribution is 7.12. The maximum atomic E-state index is 12.2. The lowest BCUT2D eigenvalue weighted by Gasteiger charge is -2.09. The van der Waals surface area contributed by atoms with Crippen LogP contribution in [0.5, 0.6) is 0 Å². The molecule has 0 saturated heterocycles. The van der Waals surface area contributed by atoms with Crippen molar-refractivity contribution >= 4 is 28.9 Å². The van der Waals surface area contributed by atoms with Gasteiger partial charge < -0.3 is 10.4 Å². The Bertz CT molecular complexity index is 704. The summed E-state index contributed by atoms with van der Waals surface area (Å²) in [4.78, 5) is 23.5. The van der Waals surface area contributed by atoms with Gasteiger partial charge in [-0.15, -0.1) is 11.3 Å². The van der Waals surface area contributed by atoms with Gasteiger partial charge in [0.15, 0.2) is 0 Å². The number of thiophene rings is 1. The number of carbonyl (C=O) groups excluding carboxylic acids is 1. The molecule has 0 unspecified atom stereocenters. The summed E-state index contributed by atoms with van der Waals surface area (Å²) in [6.07, 6.45) is 0.238. The SMILES string of the molecule is Cc1ccc(C)c(CC(=O)Nc2c(C)csc2C(=O)O)c1. The summed E-state index contributed by atoms with van der Waals surface area (Å²) >= 11 is 1.12. The van der Waals surface area contributed by atoms with E-state index >= 15 is 0 Å². The molecule has 2 N–H and O–H groups in total. The number of amides is 1. The van der Waals surface area contributed by atoms with Crippen LogP contribution in [0, 0.1) is 20.8 Å². The zero-order valence-electron chi connectivity index (χ0n) is 12.2. The number of aromatic carboxylic acids is 1. The van der Waals surface area contributed by atoms with Crippen molar-refractivity contribution in [3.8, 4) is 0 Å². The van der Waals surface area contributed by atoms with E-state index < -0.39 is 5.97 Å². The van der Waals surface area contributed by atoms with Crippen LogP contribution < -0.4 is 5.32 Å².